The zero-order valence-electron chi connectivity index (χ0n) is 11.7. The molecule has 22 heavy (non-hydrogen) atoms. The molecule has 0 amide bonds. The molecule has 0 unspecified atom stereocenters. The van der Waals surface area contributed by atoms with Crippen molar-refractivity contribution in [2.45, 2.75) is 6.10 Å². The number of fused-ring (bicyclic) bond motifs is 1. The van der Waals surface area contributed by atoms with E-state index in [1.54, 1.807) is 12.3 Å². The number of benzene rings is 1. The molecule has 1 aromatic carbocycles. The molecule has 0 aliphatic rings. The Morgan fingerprint density at radius 3 is 2.68 bits per heavy atom. The number of aromatic amines is 1. The van der Waals surface area contributed by atoms with Crippen LogP contribution in [-0.2, 0) is 0 Å². The van der Waals surface area contributed by atoms with Gasteiger partial charge in [0.05, 0.1) is 24.4 Å². The van der Waals surface area contributed by atoms with Crippen LogP contribution in [0.4, 0.5) is 5.82 Å². The fourth-order valence-electron chi connectivity index (χ4n) is 2.21. The first-order valence-electron chi connectivity index (χ1n) is 6.79. The standard InChI is InChI=1S/C15H16N4O3/c16-15-6-14(22-10(7-20)8-21)11-2-1-9(5-13(11)18-15)12-3-4-17-19-12/h1-6,10,20-21H,7-8H2,(H2,16,18)(H,17,19). The van der Waals surface area contributed by atoms with E-state index in [1.807, 2.05) is 24.3 Å². The Kier molecular flexibility index (Phi) is 3.90. The van der Waals surface area contributed by atoms with Crippen molar-refractivity contribution in [2.24, 2.45) is 0 Å². The maximum Gasteiger partial charge on any atom is 0.145 e. The van der Waals surface area contributed by atoms with Crippen LogP contribution in [0.3, 0.4) is 0 Å². The van der Waals surface area contributed by atoms with E-state index in [0.29, 0.717) is 17.1 Å². The van der Waals surface area contributed by atoms with Gasteiger partial charge in [-0.2, -0.15) is 5.10 Å². The molecule has 0 atom stereocenters. The molecular formula is C15H16N4O3. The Hall–Kier alpha value is -2.64. The number of nitrogens with one attached hydrogen (secondary N) is 1. The Bertz CT molecular complexity index is 770. The van der Waals surface area contributed by atoms with Crippen LogP contribution < -0.4 is 10.5 Å². The third-order valence-corrected chi connectivity index (χ3v) is 3.30. The van der Waals surface area contributed by atoms with Crippen LogP contribution >= 0.6 is 0 Å². The van der Waals surface area contributed by atoms with Crippen LogP contribution in [0.5, 0.6) is 5.75 Å². The number of aliphatic hydroxyl groups excluding tert-OH is 2. The fourth-order valence-corrected chi connectivity index (χ4v) is 2.21. The van der Waals surface area contributed by atoms with E-state index in [2.05, 4.69) is 15.2 Å². The molecule has 7 heteroatoms. The number of hydrogen-bond acceptors (Lipinski definition) is 6. The zero-order valence-corrected chi connectivity index (χ0v) is 11.7. The molecule has 3 aromatic rings. The molecule has 0 bridgehead atoms. The SMILES string of the molecule is Nc1cc(OC(CO)CO)c2ccc(-c3ccn[nH]3)cc2n1. The number of pyridine rings is 1. The maximum absolute atomic E-state index is 9.15. The van der Waals surface area contributed by atoms with Crippen molar-refractivity contribution >= 4 is 16.7 Å². The minimum atomic E-state index is -0.697. The molecule has 2 aromatic heterocycles. The van der Waals surface area contributed by atoms with Crippen molar-refractivity contribution < 1.29 is 14.9 Å². The summed E-state index contributed by atoms with van der Waals surface area (Å²) in [6, 6.07) is 9.08. The first kappa shape index (κ1) is 14.3. The van der Waals surface area contributed by atoms with Crippen molar-refractivity contribution in [1.29, 1.82) is 0 Å². The lowest BCUT2D eigenvalue weighted by molar-refractivity contribution is 0.0640. The van der Waals surface area contributed by atoms with Gasteiger partial charge in [0.15, 0.2) is 0 Å². The van der Waals surface area contributed by atoms with Crippen molar-refractivity contribution in [3.63, 3.8) is 0 Å². The molecular weight excluding hydrogens is 284 g/mol. The van der Waals surface area contributed by atoms with E-state index in [4.69, 9.17) is 20.7 Å². The maximum atomic E-state index is 9.15. The quantitative estimate of drug-likeness (QED) is 0.557. The van der Waals surface area contributed by atoms with Crippen LogP contribution in [-0.4, -0.2) is 44.7 Å². The van der Waals surface area contributed by atoms with Gasteiger partial charge in [-0.15, -0.1) is 0 Å². The second-order valence-electron chi connectivity index (χ2n) is 4.85. The Labute approximate surface area is 126 Å². The van der Waals surface area contributed by atoms with E-state index in [-0.39, 0.29) is 13.2 Å². The van der Waals surface area contributed by atoms with E-state index in [1.165, 1.54) is 0 Å². The largest absolute Gasteiger partial charge is 0.485 e. The van der Waals surface area contributed by atoms with Gasteiger partial charge in [0.25, 0.3) is 0 Å². The van der Waals surface area contributed by atoms with E-state index in [0.717, 1.165) is 16.6 Å². The highest BCUT2D eigenvalue weighted by molar-refractivity contribution is 5.90. The molecule has 0 fully saturated rings. The van der Waals surface area contributed by atoms with Crippen molar-refractivity contribution in [3.05, 3.63) is 36.5 Å². The summed E-state index contributed by atoms with van der Waals surface area (Å²) >= 11 is 0. The Morgan fingerprint density at radius 1 is 1.18 bits per heavy atom. The number of nitrogen functional groups attached to an aromatic ring is 1. The number of aliphatic hydroxyl groups is 2. The number of nitrogens with two attached hydrogens (primary N) is 1. The smallest absolute Gasteiger partial charge is 0.145 e. The third-order valence-electron chi connectivity index (χ3n) is 3.30. The summed E-state index contributed by atoms with van der Waals surface area (Å²) in [5.74, 6) is 0.783. The molecule has 3 rings (SSSR count). The summed E-state index contributed by atoms with van der Waals surface area (Å²) in [4.78, 5) is 4.30. The van der Waals surface area contributed by atoms with Gasteiger partial charge in [0.2, 0.25) is 0 Å². The number of H-pyrrole nitrogens is 1. The second kappa shape index (κ2) is 6.00. The lowest BCUT2D eigenvalue weighted by Gasteiger charge is -2.16. The predicted molar refractivity (Wildman–Crippen MR) is 82.3 cm³/mol. The molecule has 0 radical (unpaired) electrons. The van der Waals surface area contributed by atoms with Gasteiger partial charge in [-0.3, -0.25) is 5.10 Å². The minimum Gasteiger partial charge on any atom is -0.485 e. The first-order valence-corrected chi connectivity index (χ1v) is 6.79. The first-order chi connectivity index (χ1) is 10.7. The Balaban J connectivity index is 2.06. The van der Waals surface area contributed by atoms with Crippen molar-refractivity contribution in [2.75, 3.05) is 18.9 Å². The zero-order chi connectivity index (χ0) is 15.5. The minimum absolute atomic E-state index is 0.285. The summed E-state index contributed by atoms with van der Waals surface area (Å²) in [5.41, 5.74) is 8.28. The summed E-state index contributed by atoms with van der Waals surface area (Å²) in [5, 5.41) is 25.9. The van der Waals surface area contributed by atoms with E-state index < -0.39 is 6.10 Å². The van der Waals surface area contributed by atoms with Crippen LogP contribution in [0.2, 0.25) is 0 Å². The topological polar surface area (TPSA) is 117 Å². The second-order valence-corrected chi connectivity index (χ2v) is 4.85. The molecule has 114 valence electrons. The summed E-state index contributed by atoms with van der Waals surface area (Å²) in [7, 11) is 0. The molecule has 0 saturated carbocycles. The molecule has 5 N–H and O–H groups in total. The average molecular weight is 300 g/mol. The fraction of sp³-hybridized carbons (Fsp3) is 0.200. The molecule has 0 spiro atoms. The number of anilines is 1. The molecule has 2 heterocycles. The van der Waals surface area contributed by atoms with Gasteiger partial charge in [0, 0.05) is 23.2 Å². The van der Waals surface area contributed by atoms with Crippen LogP contribution in [0.15, 0.2) is 36.5 Å². The summed E-state index contributed by atoms with van der Waals surface area (Å²) in [6.07, 6.45) is 0.978. The lowest BCUT2D eigenvalue weighted by Crippen LogP contribution is -2.25. The number of ether oxygens (including phenoxy) is 1. The number of aromatic nitrogens is 3. The number of hydrogen-bond donors (Lipinski definition) is 4. The highest BCUT2D eigenvalue weighted by Crippen LogP contribution is 2.30. The Morgan fingerprint density at radius 2 is 2.00 bits per heavy atom. The third kappa shape index (κ3) is 2.72. The normalized spacial score (nSPS) is 11.2. The van der Waals surface area contributed by atoms with Gasteiger partial charge in [-0.05, 0) is 18.2 Å². The molecule has 0 aliphatic heterocycles. The molecule has 0 saturated heterocycles. The van der Waals surface area contributed by atoms with Crippen molar-refractivity contribution in [3.8, 4) is 17.0 Å². The van der Waals surface area contributed by atoms with Gasteiger partial charge < -0.3 is 20.7 Å². The highest BCUT2D eigenvalue weighted by Gasteiger charge is 2.13. The number of nitrogens with zero attached hydrogens (tertiary/aromatic N) is 2. The van der Waals surface area contributed by atoms with E-state index in [9.17, 15) is 0 Å². The number of rotatable bonds is 5. The molecule has 7 nitrogen and oxygen atoms in total. The van der Waals surface area contributed by atoms with Gasteiger partial charge in [-0.25, -0.2) is 4.98 Å². The monoisotopic (exact) mass is 300 g/mol. The van der Waals surface area contributed by atoms with Crippen LogP contribution in [0, 0.1) is 0 Å². The van der Waals surface area contributed by atoms with Gasteiger partial charge in [-0.1, -0.05) is 6.07 Å². The summed E-state index contributed by atoms with van der Waals surface area (Å²) in [6.45, 7) is -0.571. The summed E-state index contributed by atoms with van der Waals surface area (Å²) < 4.78 is 5.60. The van der Waals surface area contributed by atoms with Crippen LogP contribution in [0.1, 0.15) is 0 Å². The average Bonchev–Trinajstić information content (AvgIpc) is 3.06. The van der Waals surface area contributed by atoms with Crippen molar-refractivity contribution in [1.82, 2.24) is 15.2 Å². The van der Waals surface area contributed by atoms with E-state index >= 15 is 0 Å². The molecule has 0 aliphatic carbocycles. The predicted octanol–water partition coefficient (Wildman–Crippen LogP) is 0.939. The lowest BCUT2D eigenvalue weighted by atomic mass is 10.1. The van der Waals surface area contributed by atoms with Crippen LogP contribution in [0.25, 0.3) is 22.2 Å². The van der Waals surface area contributed by atoms with Gasteiger partial charge in [0.1, 0.15) is 17.7 Å². The highest BCUT2D eigenvalue weighted by atomic mass is 16.5. The van der Waals surface area contributed by atoms with Gasteiger partial charge >= 0.3 is 0 Å².